The fraction of sp³-hybridized carbons (Fsp3) is 0.647. The van der Waals surface area contributed by atoms with Crippen LogP contribution in [0.3, 0.4) is 0 Å². The van der Waals surface area contributed by atoms with Crippen LogP contribution in [0.25, 0.3) is 5.52 Å². The van der Waals surface area contributed by atoms with Gasteiger partial charge >= 0.3 is 0 Å². The normalized spacial score (nSPS) is 19.3. The van der Waals surface area contributed by atoms with E-state index in [9.17, 15) is 0 Å². The molecule has 114 valence electrons. The molecule has 1 fully saturated rings. The minimum absolute atomic E-state index is 0.438. The van der Waals surface area contributed by atoms with Crippen molar-refractivity contribution in [2.45, 2.75) is 65.3 Å². The average Bonchev–Trinajstić information content (AvgIpc) is 2.86. The van der Waals surface area contributed by atoms with Crippen LogP contribution in [0.4, 0.5) is 5.82 Å². The molecule has 0 aliphatic heterocycles. The summed E-state index contributed by atoms with van der Waals surface area (Å²) >= 11 is 0. The summed E-state index contributed by atoms with van der Waals surface area (Å²) in [6.45, 7) is 9.08. The van der Waals surface area contributed by atoms with Crippen molar-refractivity contribution >= 4 is 11.3 Å². The van der Waals surface area contributed by atoms with E-state index >= 15 is 0 Å². The molecule has 0 saturated heterocycles. The van der Waals surface area contributed by atoms with Crippen molar-refractivity contribution < 1.29 is 0 Å². The van der Waals surface area contributed by atoms with Crippen molar-refractivity contribution in [3.05, 3.63) is 24.2 Å². The van der Waals surface area contributed by atoms with Crippen LogP contribution in [0.15, 0.2) is 18.5 Å². The molecule has 0 bridgehead atoms. The molecule has 1 aliphatic carbocycles. The quantitative estimate of drug-likeness (QED) is 0.918. The molecule has 2 aromatic rings. The monoisotopic (exact) mass is 286 g/mol. The molecule has 4 nitrogen and oxygen atoms in total. The summed E-state index contributed by atoms with van der Waals surface area (Å²) in [7, 11) is 0. The Balaban J connectivity index is 1.81. The van der Waals surface area contributed by atoms with Crippen LogP contribution in [-0.4, -0.2) is 20.6 Å². The number of hydrogen-bond acceptors (Lipinski definition) is 3. The molecule has 1 N–H and O–H groups in total. The van der Waals surface area contributed by atoms with Gasteiger partial charge in [0, 0.05) is 18.4 Å². The molecular weight excluding hydrogens is 260 g/mol. The summed E-state index contributed by atoms with van der Waals surface area (Å²) in [5, 5.41) is 8.27. The molecule has 0 spiro atoms. The molecule has 4 heteroatoms. The van der Waals surface area contributed by atoms with Crippen LogP contribution < -0.4 is 5.32 Å². The molecule has 2 heterocycles. The van der Waals surface area contributed by atoms with E-state index in [1.54, 1.807) is 0 Å². The number of nitrogens with zero attached hydrogens (tertiary/aromatic N) is 3. The standard InChI is InChI=1S/C17H26N4/c1-12(2)14-11-15-16(18-9-10-21(15)20-14)19-13-5-7-17(3,4)8-6-13/h9-13H,5-8H2,1-4H3,(H,18,19). The van der Waals surface area contributed by atoms with Crippen molar-refractivity contribution in [3.63, 3.8) is 0 Å². The Labute approximate surface area is 127 Å². The summed E-state index contributed by atoms with van der Waals surface area (Å²) < 4.78 is 1.94. The van der Waals surface area contributed by atoms with Crippen LogP contribution in [0.2, 0.25) is 0 Å². The highest BCUT2D eigenvalue weighted by Gasteiger charge is 2.27. The van der Waals surface area contributed by atoms with Crippen LogP contribution in [0.5, 0.6) is 0 Å². The molecule has 21 heavy (non-hydrogen) atoms. The molecule has 1 aliphatic rings. The van der Waals surface area contributed by atoms with Gasteiger partial charge in [-0.25, -0.2) is 9.50 Å². The van der Waals surface area contributed by atoms with Gasteiger partial charge in [0.15, 0.2) is 5.82 Å². The van der Waals surface area contributed by atoms with E-state index in [1.165, 1.54) is 25.7 Å². The molecule has 0 aromatic carbocycles. The topological polar surface area (TPSA) is 42.2 Å². The number of rotatable bonds is 3. The van der Waals surface area contributed by atoms with E-state index in [1.807, 2.05) is 16.9 Å². The zero-order valence-electron chi connectivity index (χ0n) is 13.6. The van der Waals surface area contributed by atoms with Crippen LogP contribution in [0.1, 0.15) is 65.0 Å². The largest absolute Gasteiger partial charge is 0.366 e. The highest BCUT2D eigenvalue weighted by Crippen LogP contribution is 2.36. The highest BCUT2D eigenvalue weighted by molar-refractivity contribution is 5.68. The van der Waals surface area contributed by atoms with Gasteiger partial charge in [0.2, 0.25) is 0 Å². The van der Waals surface area contributed by atoms with Gasteiger partial charge in [-0.05, 0) is 43.1 Å². The number of nitrogens with one attached hydrogen (secondary N) is 1. The summed E-state index contributed by atoms with van der Waals surface area (Å²) in [5.41, 5.74) is 2.71. The van der Waals surface area contributed by atoms with Crippen molar-refractivity contribution in [1.29, 1.82) is 0 Å². The van der Waals surface area contributed by atoms with Crippen molar-refractivity contribution in [2.75, 3.05) is 5.32 Å². The van der Waals surface area contributed by atoms with Gasteiger partial charge in [0.25, 0.3) is 0 Å². The maximum absolute atomic E-state index is 4.63. The predicted molar refractivity (Wildman–Crippen MR) is 86.7 cm³/mol. The second-order valence-corrected chi connectivity index (χ2v) is 7.41. The van der Waals surface area contributed by atoms with Crippen LogP contribution >= 0.6 is 0 Å². The second-order valence-electron chi connectivity index (χ2n) is 7.41. The number of fused-ring (bicyclic) bond motifs is 1. The molecule has 3 rings (SSSR count). The van der Waals surface area contributed by atoms with E-state index in [2.05, 4.69) is 49.2 Å². The number of aromatic nitrogens is 3. The SMILES string of the molecule is CC(C)c1cc2c(NC3CCC(C)(C)CC3)nccn2n1. The minimum Gasteiger partial charge on any atom is -0.366 e. The predicted octanol–water partition coefficient (Wildman–Crippen LogP) is 4.23. The summed E-state index contributed by atoms with van der Waals surface area (Å²) in [6, 6.07) is 2.70. The van der Waals surface area contributed by atoms with Gasteiger partial charge in [-0.1, -0.05) is 27.7 Å². The van der Waals surface area contributed by atoms with Gasteiger partial charge in [0.05, 0.1) is 5.69 Å². The summed E-state index contributed by atoms with van der Waals surface area (Å²) in [5.74, 6) is 1.41. The number of hydrogen-bond donors (Lipinski definition) is 1. The lowest BCUT2D eigenvalue weighted by Crippen LogP contribution is -2.30. The Morgan fingerprint density at radius 3 is 2.67 bits per heavy atom. The molecule has 1 saturated carbocycles. The maximum atomic E-state index is 4.63. The van der Waals surface area contributed by atoms with E-state index in [4.69, 9.17) is 0 Å². The van der Waals surface area contributed by atoms with Gasteiger partial charge in [-0.3, -0.25) is 0 Å². The fourth-order valence-corrected chi connectivity index (χ4v) is 3.07. The first kappa shape index (κ1) is 14.4. The highest BCUT2D eigenvalue weighted by atomic mass is 15.2. The lowest BCUT2D eigenvalue weighted by atomic mass is 9.75. The Hall–Kier alpha value is -1.58. The second kappa shape index (κ2) is 5.32. The third-order valence-electron chi connectivity index (χ3n) is 4.68. The zero-order chi connectivity index (χ0) is 15.0. The first-order chi connectivity index (χ1) is 9.94. The average molecular weight is 286 g/mol. The molecule has 0 atom stereocenters. The number of anilines is 1. The Morgan fingerprint density at radius 2 is 2.00 bits per heavy atom. The van der Waals surface area contributed by atoms with Gasteiger partial charge < -0.3 is 5.32 Å². The van der Waals surface area contributed by atoms with Crippen LogP contribution in [-0.2, 0) is 0 Å². The van der Waals surface area contributed by atoms with E-state index in [0.717, 1.165) is 17.0 Å². The molecule has 0 amide bonds. The van der Waals surface area contributed by atoms with Gasteiger partial charge in [-0.15, -0.1) is 0 Å². The van der Waals surface area contributed by atoms with Crippen molar-refractivity contribution in [1.82, 2.24) is 14.6 Å². The van der Waals surface area contributed by atoms with Crippen molar-refractivity contribution in [2.24, 2.45) is 5.41 Å². The Bertz CT molecular complexity index is 617. The lowest BCUT2D eigenvalue weighted by Gasteiger charge is -2.34. The summed E-state index contributed by atoms with van der Waals surface area (Å²) in [6.07, 6.45) is 8.77. The molecular formula is C17H26N4. The van der Waals surface area contributed by atoms with E-state index in [0.29, 0.717) is 17.4 Å². The fourth-order valence-electron chi connectivity index (χ4n) is 3.07. The molecule has 0 unspecified atom stereocenters. The third-order valence-corrected chi connectivity index (χ3v) is 4.68. The Kier molecular flexibility index (Phi) is 3.64. The van der Waals surface area contributed by atoms with Crippen molar-refractivity contribution in [3.8, 4) is 0 Å². The summed E-state index contributed by atoms with van der Waals surface area (Å²) in [4.78, 5) is 4.54. The first-order valence-electron chi connectivity index (χ1n) is 8.05. The van der Waals surface area contributed by atoms with E-state index < -0.39 is 0 Å². The molecule has 0 radical (unpaired) electrons. The van der Waals surface area contributed by atoms with E-state index in [-0.39, 0.29) is 0 Å². The Morgan fingerprint density at radius 1 is 1.29 bits per heavy atom. The smallest absolute Gasteiger partial charge is 0.152 e. The van der Waals surface area contributed by atoms with Crippen LogP contribution in [0, 0.1) is 5.41 Å². The minimum atomic E-state index is 0.438. The zero-order valence-corrected chi connectivity index (χ0v) is 13.6. The van der Waals surface area contributed by atoms with Gasteiger partial charge in [-0.2, -0.15) is 5.10 Å². The first-order valence-corrected chi connectivity index (χ1v) is 8.05. The lowest BCUT2D eigenvalue weighted by molar-refractivity contribution is 0.232. The van der Waals surface area contributed by atoms with Gasteiger partial charge in [0.1, 0.15) is 5.52 Å². The molecule has 2 aromatic heterocycles. The third kappa shape index (κ3) is 3.04. The maximum Gasteiger partial charge on any atom is 0.152 e.